The molecule has 0 aliphatic carbocycles. The number of aromatic amines is 1. The molecule has 0 spiro atoms. The maximum Gasteiger partial charge on any atom is 0.254 e. The van der Waals surface area contributed by atoms with Gasteiger partial charge in [0.2, 0.25) is 0 Å². The first-order valence-corrected chi connectivity index (χ1v) is 6.68. The SMILES string of the molecule is CCc1c(C)nc(-c2ccc(Br)cc2C)[nH]c1=O. The molecule has 0 aliphatic heterocycles. The zero-order chi connectivity index (χ0) is 13.3. The van der Waals surface area contributed by atoms with Crippen LogP contribution in [-0.2, 0) is 6.42 Å². The highest BCUT2D eigenvalue weighted by molar-refractivity contribution is 9.10. The lowest BCUT2D eigenvalue weighted by Crippen LogP contribution is -2.16. The van der Waals surface area contributed by atoms with Crippen molar-refractivity contribution in [1.82, 2.24) is 9.97 Å². The number of aromatic nitrogens is 2. The second-order valence-corrected chi connectivity index (χ2v) is 5.21. The minimum absolute atomic E-state index is 0.0395. The van der Waals surface area contributed by atoms with Gasteiger partial charge in [-0.2, -0.15) is 0 Å². The Hall–Kier alpha value is -1.42. The third-order valence-electron chi connectivity index (χ3n) is 3.02. The van der Waals surface area contributed by atoms with E-state index in [1.807, 2.05) is 39.0 Å². The second kappa shape index (κ2) is 5.06. The minimum Gasteiger partial charge on any atom is -0.306 e. The van der Waals surface area contributed by atoms with Gasteiger partial charge in [-0.05, 0) is 44.0 Å². The third-order valence-corrected chi connectivity index (χ3v) is 3.51. The summed E-state index contributed by atoms with van der Waals surface area (Å²) in [5.74, 6) is 0.639. The molecule has 94 valence electrons. The Kier molecular flexibility index (Phi) is 3.66. The average molecular weight is 307 g/mol. The van der Waals surface area contributed by atoms with Crippen molar-refractivity contribution in [2.75, 3.05) is 0 Å². The van der Waals surface area contributed by atoms with Gasteiger partial charge in [-0.1, -0.05) is 22.9 Å². The molecule has 0 atom stereocenters. The molecule has 1 aromatic carbocycles. The average Bonchev–Trinajstić information content (AvgIpc) is 2.28. The Balaban J connectivity index is 2.62. The summed E-state index contributed by atoms with van der Waals surface area (Å²) < 4.78 is 1.02. The van der Waals surface area contributed by atoms with Crippen LogP contribution in [0.2, 0.25) is 0 Å². The zero-order valence-electron chi connectivity index (χ0n) is 10.7. The van der Waals surface area contributed by atoms with Crippen LogP contribution in [0.25, 0.3) is 11.4 Å². The van der Waals surface area contributed by atoms with Crippen molar-refractivity contribution in [3.05, 3.63) is 49.8 Å². The van der Waals surface area contributed by atoms with E-state index >= 15 is 0 Å². The second-order valence-electron chi connectivity index (χ2n) is 4.29. The van der Waals surface area contributed by atoms with Crippen molar-refractivity contribution >= 4 is 15.9 Å². The fraction of sp³-hybridized carbons (Fsp3) is 0.286. The van der Waals surface area contributed by atoms with Gasteiger partial charge in [0, 0.05) is 21.3 Å². The first kappa shape index (κ1) is 13.0. The van der Waals surface area contributed by atoms with Crippen molar-refractivity contribution in [3.8, 4) is 11.4 Å². The Morgan fingerprint density at radius 1 is 1.33 bits per heavy atom. The molecule has 18 heavy (non-hydrogen) atoms. The van der Waals surface area contributed by atoms with E-state index in [9.17, 15) is 4.79 Å². The highest BCUT2D eigenvalue weighted by atomic mass is 79.9. The number of aryl methyl sites for hydroxylation is 2. The Labute approximate surface area is 114 Å². The van der Waals surface area contributed by atoms with Gasteiger partial charge >= 0.3 is 0 Å². The summed E-state index contributed by atoms with van der Waals surface area (Å²) >= 11 is 3.43. The lowest BCUT2D eigenvalue weighted by molar-refractivity contribution is 0.966. The highest BCUT2D eigenvalue weighted by Gasteiger charge is 2.09. The van der Waals surface area contributed by atoms with Crippen LogP contribution in [0.4, 0.5) is 0 Å². The van der Waals surface area contributed by atoms with Crippen LogP contribution in [0, 0.1) is 13.8 Å². The molecule has 0 fully saturated rings. The number of benzene rings is 1. The first-order valence-electron chi connectivity index (χ1n) is 5.89. The van der Waals surface area contributed by atoms with Crippen LogP contribution >= 0.6 is 15.9 Å². The van der Waals surface area contributed by atoms with Gasteiger partial charge < -0.3 is 4.98 Å². The third kappa shape index (κ3) is 2.38. The lowest BCUT2D eigenvalue weighted by atomic mass is 10.1. The molecule has 2 aromatic rings. The van der Waals surface area contributed by atoms with E-state index in [4.69, 9.17) is 0 Å². The van der Waals surface area contributed by atoms with E-state index in [-0.39, 0.29) is 5.56 Å². The molecule has 4 heteroatoms. The van der Waals surface area contributed by atoms with Crippen LogP contribution < -0.4 is 5.56 Å². The van der Waals surface area contributed by atoms with Gasteiger partial charge in [-0.15, -0.1) is 0 Å². The smallest absolute Gasteiger partial charge is 0.254 e. The van der Waals surface area contributed by atoms with Gasteiger partial charge in [0.1, 0.15) is 5.82 Å². The normalized spacial score (nSPS) is 10.7. The fourth-order valence-electron chi connectivity index (χ4n) is 2.05. The van der Waals surface area contributed by atoms with Crippen LogP contribution in [-0.4, -0.2) is 9.97 Å². The number of hydrogen-bond donors (Lipinski definition) is 1. The molecule has 1 heterocycles. The number of nitrogens with one attached hydrogen (secondary N) is 1. The molecule has 0 amide bonds. The van der Waals surface area contributed by atoms with E-state index in [0.29, 0.717) is 12.2 Å². The molecular formula is C14H15BrN2O. The van der Waals surface area contributed by atoms with E-state index in [0.717, 1.165) is 26.9 Å². The van der Waals surface area contributed by atoms with Crippen molar-refractivity contribution in [2.45, 2.75) is 27.2 Å². The van der Waals surface area contributed by atoms with Crippen molar-refractivity contribution in [3.63, 3.8) is 0 Å². The van der Waals surface area contributed by atoms with Gasteiger partial charge in [0.25, 0.3) is 5.56 Å². The van der Waals surface area contributed by atoms with E-state index in [1.54, 1.807) is 0 Å². The predicted octanol–water partition coefficient (Wildman–Crippen LogP) is 3.38. The fourth-order valence-corrected chi connectivity index (χ4v) is 2.52. The van der Waals surface area contributed by atoms with Crippen LogP contribution in [0.5, 0.6) is 0 Å². The molecule has 0 bridgehead atoms. The van der Waals surface area contributed by atoms with Gasteiger partial charge in [0.05, 0.1) is 0 Å². The van der Waals surface area contributed by atoms with Crippen LogP contribution in [0.1, 0.15) is 23.7 Å². The lowest BCUT2D eigenvalue weighted by Gasteiger charge is -2.08. The summed E-state index contributed by atoms with van der Waals surface area (Å²) in [5.41, 5.74) is 3.56. The number of nitrogens with zero attached hydrogens (tertiary/aromatic N) is 1. The number of hydrogen-bond acceptors (Lipinski definition) is 2. The zero-order valence-corrected chi connectivity index (χ0v) is 12.3. The van der Waals surface area contributed by atoms with Crippen LogP contribution in [0.3, 0.4) is 0 Å². The molecule has 2 rings (SSSR count). The molecular weight excluding hydrogens is 292 g/mol. The van der Waals surface area contributed by atoms with Gasteiger partial charge in [-0.25, -0.2) is 4.98 Å². The van der Waals surface area contributed by atoms with Crippen LogP contribution in [0.15, 0.2) is 27.5 Å². The minimum atomic E-state index is -0.0395. The van der Waals surface area contributed by atoms with E-state index in [1.165, 1.54) is 0 Å². The standard InChI is InChI=1S/C14H15BrN2O/c1-4-11-9(3)16-13(17-14(11)18)12-6-5-10(15)7-8(12)2/h5-7H,4H2,1-3H3,(H,16,17,18). The first-order chi connectivity index (χ1) is 8.52. The number of H-pyrrole nitrogens is 1. The van der Waals surface area contributed by atoms with Crippen molar-refractivity contribution in [1.29, 1.82) is 0 Å². The maximum absolute atomic E-state index is 11.9. The molecule has 0 unspecified atom stereocenters. The molecule has 1 aromatic heterocycles. The molecule has 0 radical (unpaired) electrons. The summed E-state index contributed by atoms with van der Waals surface area (Å²) in [5, 5.41) is 0. The maximum atomic E-state index is 11.9. The Morgan fingerprint density at radius 2 is 2.06 bits per heavy atom. The highest BCUT2D eigenvalue weighted by Crippen LogP contribution is 2.23. The molecule has 3 nitrogen and oxygen atoms in total. The molecule has 0 saturated heterocycles. The van der Waals surface area contributed by atoms with E-state index in [2.05, 4.69) is 25.9 Å². The summed E-state index contributed by atoms with van der Waals surface area (Å²) in [4.78, 5) is 19.3. The van der Waals surface area contributed by atoms with Crippen molar-refractivity contribution < 1.29 is 0 Å². The molecule has 1 N–H and O–H groups in total. The largest absolute Gasteiger partial charge is 0.306 e. The number of rotatable bonds is 2. The predicted molar refractivity (Wildman–Crippen MR) is 76.8 cm³/mol. The monoisotopic (exact) mass is 306 g/mol. The van der Waals surface area contributed by atoms with Gasteiger partial charge in [-0.3, -0.25) is 4.79 Å². The summed E-state index contributed by atoms with van der Waals surface area (Å²) in [6.45, 7) is 5.85. The van der Waals surface area contributed by atoms with Crippen molar-refractivity contribution in [2.24, 2.45) is 0 Å². The topological polar surface area (TPSA) is 45.8 Å². The van der Waals surface area contributed by atoms with E-state index < -0.39 is 0 Å². The molecule has 0 saturated carbocycles. The quantitative estimate of drug-likeness (QED) is 0.924. The Morgan fingerprint density at radius 3 is 2.61 bits per heavy atom. The molecule has 0 aliphatic rings. The number of halogens is 1. The summed E-state index contributed by atoms with van der Waals surface area (Å²) in [6.07, 6.45) is 0.702. The Bertz CT molecular complexity index is 647. The van der Waals surface area contributed by atoms with Gasteiger partial charge in [0.15, 0.2) is 0 Å². The summed E-state index contributed by atoms with van der Waals surface area (Å²) in [6, 6.07) is 5.92. The summed E-state index contributed by atoms with van der Waals surface area (Å²) in [7, 11) is 0.